The van der Waals surface area contributed by atoms with Gasteiger partial charge in [0.1, 0.15) is 0 Å². The lowest BCUT2D eigenvalue weighted by Gasteiger charge is -2.40. The second kappa shape index (κ2) is 7.10. The smallest absolute Gasteiger partial charge is 0.239 e. The Morgan fingerprint density at radius 3 is 2.65 bits per heavy atom. The first-order valence-corrected chi connectivity index (χ1v) is 8.02. The molecule has 0 aromatic rings. The van der Waals surface area contributed by atoms with E-state index in [4.69, 9.17) is 0 Å². The average Bonchev–Trinajstić information content (AvgIpc) is 2.94. The third-order valence-electron chi connectivity index (χ3n) is 5.26. The standard InChI is InChI=1S/C15H27N3O.ClH/c1-12(15(19)17-8-3-2-4-9-17)18-10-6-14-13(11-18)5-7-16-14;/h12-14,16H,2-11H2,1H3;1H. The van der Waals surface area contributed by atoms with Crippen LogP contribution in [0.15, 0.2) is 0 Å². The second-order valence-electron chi connectivity index (χ2n) is 6.45. The maximum atomic E-state index is 12.6. The summed E-state index contributed by atoms with van der Waals surface area (Å²) >= 11 is 0. The first kappa shape index (κ1) is 16.1. The number of piperidine rings is 2. The molecule has 0 aliphatic carbocycles. The highest BCUT2D eigenvalue weighted by Gasteiger charge is 2.36. The number of hydrogen-bond donors (Lipinski definition) is 1. The van der Waals surface area contributed by atoms with E-state index < -0.39 is 0 Å². The number of likely N-dealkylation sites (tertiary alicyclic amines) is 2. The van der Waals surface area contributed by atoms with Gasteiger partial charge in [-0.15, -0.1) is 12.4 Å². The molecule has 0 radical (unpaired) electrons. The van der Waals surface area contributed by atoms with Crippen molar-refractivity contribution in [3.05, 3.63) is 0 Å². The molecule has 3 rings (SSSR count). The lowest BCUT2D eigenvalue weighted by atomic mass is 9.92. The van der Waals surface area contributed by atoms with Crippen molar-refractivity contribution >= 4 is 18.3 Å². The van der Waals surface area contributed by atoms with Gasteiger partial charge in [-0.05, 0) is 51.5 Å². The van der Waals surface area contributed by atoms with Gasteiger partial charge in [-0.3, -0.25) is 9.69 Å². The molecule has 3 aliphatic rings. The van der Waals surface area contributed by atoms with E-state index in [0.717, 1.165) is 38.6 Å². The number of carbonyl (C=O) groups excluding carboxylic acids is 1. The van der Waals surface area contributed by atoms with Crippen LogP contribution in [0.1, 0.15) is 39.0 Å². The minimum atomic E-state index is 0. The van der Waals surface area contributed by atoms with Crippen molar-refractivity contribution in [1.29, 1.82) is 0 Å². The van der Waals surface area contributed by atoms with Gasteiger partial charge in [-0.25, -0.2) is 0 Å². The topological polar surface area (TPSA) is 35.6 Å². The van der Waals surface area contributed by atoms with Crippen LogP contribution in [-0.2, 0) is 4.79 Å². The summed E-state index contributed by atoms with van der Waals surface area (Å²) in [6.45, 7) is 7.42. The molecule has 1 N–H and O–H groups in total. The largest absolute Gasteiger partial charge is 0.341 e. The number of rotatable bonds is 2. The Kier molecular flexibility index (Phi) is 5.70. The molecule has 0 spiro atoms. The molecule has 0 aromatic carbocycles. The highest BCUT2D eigenvalue weighted by molar-refractivity contribution is 5.85. The summed E-state index contributed by atoms with van der Waals surface area (Å²) in [4.78, 5) is 17.1. The van der Waals surface area contributed by atoms with Crippen LogP contribution in [0.3, 0.4) is 0 Å². The van der Waals surface area contributed by atoms with Crippen molar-refractivity contribution in [2.24, 2.45) is 5.92 Å². The quantitative estimate of drug-likeness (QED) is 0.839. The third kappa shape index (κ3) is 3.29. The molecule has 0 saturated carbocycles. The minimum Gasteiger partial charge on any atom is -0.341 e. The van der Waals surface area contributed by atoms with E-state index in [1.165, 1.54) is 32.1 Å². The van der Waals surface area contributed by atoms with E-state index in [0.29, 0.717) is 11.9 Å². The summed E-state index contributed by atoms with van der Waals surface area (Å²) in [7, 11) is 0. The van der Waals surface area contributed by atoms with Gasteiger partial charge in [0, 0.05) is 32.2 Å². The molecular weight excluding hydrogens is 274 g/mol. The summed E-state index contributed by atoms with van der Waals surface area (Å²) in [6, 6.07) is 0.799. The third-order valence-corrected chi connectivity index (χ3v) is 5.26. The summed E-state index contributed by atoms with van der Waals surface area (Å²) < 4.78 is 0. The van der Waals surface area contributed by atoms with E-state index in [9.17, 15) is 4.79 Å². The molecule has 20 heavy (non-hydrogen) atoms. The molecule has 0 bridgehead atoms. The van der Waals surface area contributed by atoms with Crippen molar-refractivity contribution in [3.8, 4) is 0 Å². The molecule has 3 unspecified atom stereocenters. The van der Waals surface area contributed by atoms with E-state index in [1.54, 1.807) is 0 Å². The SMILES string of the molecule is CC(C(=O)N1CCCCC1)N1CCC2NCCC2C1.Cl. The summed E-state index contributed by atoms with van der Waals surface area (Å²) in [5.74, 6) is 1.13. The Hall–Kier alpha value is -0.320. The maximum absolute atomic E-state index is 12.6. The summed E-state index contributed by atoms with van der Waals surface area (Å²) in [5.41, 5.74) is 0. The number of carbonyl (C=O) groups is 1. The zero-order chi connectivity index (χ0) is 13.2. The molecule has 3 aliphatic heterocycles. The molecule has 116 valence electrons. The monoisotopic (exact) mass is 301 g/mol. The van der Waals surface area contributed by atoms with Crippen molar-refractivity contribution in [2.75, 3.05) is 32.7 Å². The van der Waals surface area contributed by atoms with E-state index in [1.807, 2.05) is 0 Å². The Labute approximate surface area is 128 Å². The molecule has 5 heteroatoms. The number of hydrogen-bond acceptors (Lipinski definition) is 3. The van der Waals surface area contributed by atoms with Crippen LogP contribution < -0.4 is 5.32 Å². The predicted molar refractivity (Wildman–Crippen MR) is 83.2 cm³/mol. The Morgan fingerprint density at radius 1 is 1.15 bits per heavy atom. The fraction of sp³-hybridized carbons (Fsp3) is 0.933. The number of nitrogens with one attached hydrogen (secondary N) is 1. The van der Waals surface area contributed by atoms with E-state index in [-0.39, 0.29) is 18.4 Å². The zero-order valence-corrected chi connectivity index (χ0v) is 13.3. The van der Waals surface area contributed by atoms with Crippen LogP contribution in [0, 0.1) is 5.92 Å². The summed E-state index contributed by atoms with van der Waals surface area (Å²) in [6.07, 6.45) is 6.16. The fourth-order valence-electron chi connectivity index (χ4n) is 3.96. The molecule has 3 atom stereocenters. The first-order valence-electron chi connectivity index (χ1n) is 8.02. The van der Waals surface area contributed by atoms with Crippen molar-refractivity contribution in [3.63, 3.8) is 0 Å². The van der Waals surface area contributed by atoms with Crippen LogP contribution in [0.5, 0.6) is 0 Å². The van der Waals surface area contributed by atoms with Crippen LogP contribution in [0.2, 0.25) is 0 Å². The Bertz CT molecular complexity index is 333. The van der Waals surface area contributed by atoms with Gasteiger partial charge < -0.3 is 10.2 Å². The van der Waals surface area contributed by atoms with E-state index in [2.05, 4.69) is 22.0 Å². The van der Waals surface area contributed by atoms with Crippen molar-refractivity contribution < 1.29 is 4.79 Å². The van der Waals surface area contributed by atoms with E-state index >= 15 is 0 Å². The first-order chi connectivity index (χ1) is 9.25. The number of fused-ring (bicyclic) bond motifs is 1. The van der Waals surface area contributed by atoms with Crippen LogP contribution >= 0.6 is 12.4 Å². The maximum Gasteiger partial charge on any atom is 0.239 e. The molecule has 1 amide bonds. The number of halogens is 1. The lowest BCUT2D eigenvalue weighted by Crippen LogP contribution is -2.54. The fourth-order valence-corrected chi connectivity index (χ4v) is 3.96. The van der Waals surface area contributed by atoms with Crippen molar-refractivity contribution in [2.45, 2.75) is 51.1 Å². The lowest BCUT2D eigenvalue weighted by molar-refractivity contribution is -0.138. The Morgan fingerprint density at radius 2 is 1.90 bits per heavy atom. The number of nitrogens with zero attached hydrogens (tertiary/aromatic N) is 2. The molecule has 0 aromatic heterocycles. The predicted octanol–water partition coefficient (Wildman–Crippen LogP) is 1.49. The van der Waals surface area contributed by atoms with Crippen LogP contribution in [-0.4, -0.2) is 60.5 Å². The highest BCUT2D eigenvalue weighted by atomic mass is 35.5. The molecule has 3 saturated heterocycles. The highest BCUT2D eigenvalue weighted by Crippen LogP contribution is 2.26. The zero-order valence-electron chi connectivity index (χ0n) is 12.5. The van der Waals surface area contributed by atoms with Gasteiger partial charge in [0.15, 0.2) is 0 Å². The molecule has 3 heterocycles. The van der Waals surface area contributed by atoms with Gasteiger partial charge in [-0.2, -0.15) is 0 Å². The normalized spacial score (nSPS) is 32.4. The average molecular weight is 302 g/mol. The van der Waals surface area contributed by atoms with Gasteiger partial charge in [0.05, 0.1) is 6.04 Å². The Balaban J connectivity index is 0.00000147. The second-order valence-corrected chi connectivity index (χ2v) is 6.45. The van der Waals surface area contributed by atoms with Gasteiger partial charge >= 0.3 is 0 Å². The van der Waals surface area contributed by atoms with Crippen LogP contribution in [0.25, 0.3) is 0 Å². The molecular formula is C15H28ClN3O. The van der Waals surface area contributed by atoms with Gasteiger partial charge in [0.25, 0.3) is 0 Å². The minimum absolute atomic E-state index is 0. The van der Waals surface area contributed by atoms with Gasteiger partial charge in [0.2, 0.25) is 5.91 Å². The van der Waals surface area contributed by atoms with Crippen molar-refractivity contribution in [1.82, 2.24) is 15.1 Å². The number of amides is 1. The summed E-state index contributed by atoms with van der Waals surface area (Å²) in [5, 5.41) is 3.59. The molecule has 4 nitrogen and oxygen atoms in total. The van der Waals surface area contributed by atoms with Crippen LogP contribution in [0.4, 0.5) is 0 Å². The molecule has 3 fully saturated rings. The van der Waals surface area contributed by atoms with Gasteiger partial charge in [-0.1, -0.05) is 0 Å².